The van der Waals surface area contributed by atoms with Crippen molar-refractivity contribution in [3.05, 3.63) is 89.7 Å². The zero-order valence-corrected chi connectivity index (χ0v) is 15.5. The van der Waals surface area contributed by atoms with E-state index in [0.717, 1.165) is 0 Å². The van der Waals surface area contributed by atoms with Crippen LogP contribution in [0.4, 0.5) is 21.5 Å². The number of hydrogen-bond donors (Lipinski definition) is 3. The van der Waals surface area contributed by atoms with Gasteiger partial charge in [0.15, 0.2) is 0 Å². The van der Waals surface area contributed by atoms with E-state index in [2.05, 4.69) is 16.0 Å². The second kappa shape index (κ2) is 8.79. The Hall–Kier alpha value is -4.00. The zero-order valence-electron chi connectivity index (χ0n) is 15.5. The Bertz CT molecular complexity index is 1050. The van der Waals surface area contributed by atoms with Crippen LogP contribution in [0.25, 0.3) is 0 Å². The zero-order chi connectivity index (χ0) is 20.8. The van der Waals surface area contributed by atoms with E-state index in [1.165, 1.54) is 37.3 Å². The third kappa shape index (κ3) is 5.49. The number of amides is 3. The first-order valence-electron chi connectivity index (χ1n) is 8.77. The van der Waals surface area contributed by atoms with E-state index in [4.69, 9.17) is 0 Å². The van der Waals surface area contributed by atoms with Crippen LogP contribution < -0.4 is 16.0 Å². The van der Waals surface area contributed by atoms with Crippen molar-refractivity contribution in [2.24, 2.45) is 0 Å². The minimum Gasteiger partial charge on any atom is -0.326 e. The van der Waals surface area contributed by atoms with Gasteiger partial charge >= 0.3 is 0 Å². The van der Waals surface area contributed by atoms with Crippen LogP contribution in [0.2, 0.25) is 0 Å². The topological polar surface area (TPSA) is 87.3 Å². The summed E-state index contributed by atoms with van der Waals surface area (Å²) < 4.78 is 13.0. The molecule has 0 fully saturated rings. The maximum atomic E-state index is 13.0. The van der Waals surface area contributed by atoms with Crippen LogP contribution in [-0.4, -0.2) is 17.7 Å². The van der Waals surface area contributed by atoms with Crippen LogP contribution in [0.1, 0.15) is 27.6 Å². The molecule has 0 aliphatic carbocycles. The van der Waals surface area contributed by atoms with E-state index in [-0.39, 0.29) is 11.8 Å². The highest BCUT2D eigenvalue weighted by Gasteiger charge is 2.11. The van der Waals surface area contributed by atoms with Gasteiger partial charge in [0, 0.05) is 35.1 Å². The van der Waals surface area contributed by atoms with Gasteiger partial charge in [-0.2, -0.15) is 0 Å². The molecule has 3 rings (SSSR count). The fourth-order valence-corrected chi connectivity index (χ4v) is 2.58. The lowest BCUT2D eigenvalue weighted by Crippen LogP contribution is -2.15. The van der Waals surface area contributed by atoms with Gasteiger partial charge < -0.3 is 16.0 Å². The number of rotatable bonds is 5. The van der Waals surface area contributed by atoms with Crippen molar-refractivity contribution in [1.82, 2.24) is 0 Å². The summed E-state index contributed by atoms with van der Waals surface area (Å²) in [5.41, 5.74) is 2.22. The van der Waals surface area contributed by atoms with E-state index in [0.29, 0.717) is 28.2 Å². The lowest BCUT2D eigenvalue weighted by molar-refractivity contribution is -0.114. The largest absolute Gasteiger partial charge is 0.326 e. The molecular weight excluding hydrogens is 373 g/mol. The molecule has 3 N–H and O–H groups in total. The Kier molecular flexibility index (Phi) is 5.99. The van der Waals surface area contributed by atoms with Crippen molar-refractivity contribution in [2.75, 3.05) is 16.0 Å². The molecule has 0 saturated heterocycles. The number of carbonyl (C=O) groups is 3. The summed E-state index contributed by atoms with van der Waals surface area (Å²) in [5.74, 6) is -1.37. The number of hydrogen-bond acceptors (Lipinski definition) is 3. The van der Waals surface area contributed by atoms with Gasteiger partial charge in [0.2, 0.25) is 5.91 Å². The lowest BCUT2D eigenvalue weighted by atomic mass is 10.1. The second-order valence-corrected chi connectivity index (χ2v) is 6.25. The van der Waals surface area contributed by atoms with Gasteiger partial charge in [-0.1, -0.05) is 6.07 Å². The number of benzene rings is 3. The Balaban J connectivity index is 1.68. The van der Waals surface area contributed by atoms with Gasteiger partial charge in [0.1, 0.15) is 5.82 Å². The Morgan fingerprint density at radius 2 is 1.07 bits per heavy atom. The SMILES string of the molecule is CC(=O)Nc1ccc(NC(=O)c2cccc(C(=O)Nc3ccc(F)cc3)c2)cc1. The first-order valence-corrected chi connectivity index (χ1v) is 8.77. The maximum Gasteiger partial charge on any atom is 0.255 e. The summed E-state index contributed by atoms with van der Waals surface area (Å²) in [6, 6.07) is 18.3. The normalized spacial score (nSPS) is 10.1. The first-order chi connectivity index (χ1) is 13.9. The van der Waals surface area contributed by atoms with E-state index in [1.807, 2.05) is 0 Å². The van der Waals surface area contributed by atoms with E-state index < -0.39 is 11.7 Å². The fourth-order valence-electron chi connectivity index (χ4n) is 2.58. The Labute approximate surface area is 166 Å². The number of carbonyl (C=O) groups excluding carboxylic acids is 3. The molecule has 3 aromatic rings. The molecule has 0 saturated carbocycles. The van der Waals surface area contributed by atoms with Crippen molar-refractivity contribution in [2.45, 2.75) is 6.92 Å². The molecule has 3 amide bonds. The fraction of sp³-hybridized carbons (Fsp3) is 0.0455. The molecule has 0 atom stereocenters. The molecule has 29 heavy (non-hydrogen) atoms. The van der Waals surface area contributed by atoms with Crippen LogP contribution in [0.15, 0.2) is 72.8 Å². The molecule has 0 radical (unpaired) electrons. The minimum atomic E-state index is -0.411. The van der Waals surface area contributed by atoms with Crippen LogP contribution in [-0.2, 0) is 4.79 Å². The van der Waals surface area contributed by atoms with Gasteiger partial charge in [-0.15, -0.1) is 0 Å². The number of halogens is 1. The lowest BCUT2D eigenvalue weighted by Gasteiger charge is -2.09. The summed E-state index contributed by atoms with van der Waals surface area (Å²) >= 11 is 0. The molecule has 0 unspecified atom stereocenters. The molecule has 0 bridgehead atoms. The summed E-state index contributed by atoms with van der Waals surface area (Å²) in [5, 5.41) is 8.03. The van der Waals surface area contributed by atoms with Crippen molar-refractivity contribution in [1.29, 1.82) is 0 Å². The highest BCUT2D eigenvalue weighted by atomic mass is 19.1. The molecule has 0 heterocycles. The van der Waals surface area contributed by atoms with Gasteiger partial charge in [-0.05, 0) is 66.7 Å². The molecule has 0 aliphatic heterocycles. The van der Waals surface area contributed by atoms with Crippen LogP contribution in [0.5, 0.6) is 0 Å². The van der Waals surface area contributed by atoms with Gasteiger partial charge in [-0.25, -0.2) is 4.39 Å². The number of nitrogens with one attached hydrogen (secondary N) is 3. The molecule has 6 nitrogen and oxygen atoms in total. The monoisotopic (exact) mass is 391 g/mol. The molecule has 146 valence electrons. The molecule has 0 aromatic heterocycles. The average Bonchev–Trinajstić information content (AvgIpc) is 2.71. The summed E-state index contributed by atoms with van der Waals surface area (Å²) in [6.45, 7) is 1.41. The van der Waals surface area contributed by atoms with Crippen molar-refractivity contribution < 1.29 is 18.8 Å². The summed E-state index contributed by atoms with van der Waals surface area (Å²) in [4.78, 5) is 35.9. The molecule has 3 aromatic carbocycles. The molecule has 0 aliphatic rings. The number of anilines is 3. The Morgan fingerprint density at radius 1 is 0.655 bits per heavy atom. The van der Waals surface area contributed by atoms with E-state index >= 15 is 0 Å². The quantitative estimate of drug-likeness (QED) is 0.606. The van der Waals surface area contributed by atoms with Gasteiger partial charge in [0.05, 0.1) is 0 Å². The standard InChI is InChI=1S/C22H18FN3O3/c1-14(27)24-18-9-11-20(12-10-18)26-22(29)16-4-2-3-15(13-16)21(28)25-19-7-5-17(23)6-8-19/h2-13H,1H3,(H,24,27)(H,25,28)(H,26,29). The third-order valence-electron chi connectivity index (χ3n) is 3.95. The highest BCUT2D eigenvalue weighted by Crippen LogP contribution is 2.16. The smallest absolute Gasteiger partial charge is 0.255 e. The van der Waals surface area contributed by atoms with Crippen molar-refractivity contribution in [3.63, 3.8) is 0 Å². The van der Waals surface area contributed by atoms with Gasteiger partial charge in [-0.3, -0.25) is 14.4 Å². The first kappa shape index (κ1) is 19.8. The predicted octanol–water partition coefficient (Wildman–Crippen LogP) is 4.29. The summed E-state index contributed by atoms with van der Waals surface area (Å²) in [7, 11) is 0. The van der Waals surface area contributed by atoms with E-state index in [1.54, 1.807) is 42.5 Å². The second-order valence-electron chi connectivity index (χ2n) is 6.25. The van der Waals surface area contributed by atoms with E-state index in [9.17, 15) is 18.8 Å². The Morgan fingerprint density at radius 3 is 1.52 bits per heavy atom. The average molecular weight is 391 g/mol. The van der Waals surface area contributed by atoms with Crippen LogP contribution in [0.3, 0.4) is 0 Å². The maximum absolute atomic E-state index is 13.0. The van der Waals surface area contributed by atoms with Crippen molar-refractivity contribution in [3.8, 4) is 0 Å². The predicted molar refractivity (Wildman–Crippen MR) is 109 cm³/mol. The molecular formula is C22H18FN3O3. The van der Waals surface area contributed by atoms with Crippen molar-refractivity contribution >= 4 is 34.8 Å². The molecule has 7 heteroatoms. The van der Waals surface area contributed by atoms with Crippen LogP contribution in [0, 0.1) is 5.82 Å². The van der Waals surface area contributed by atoms with Gasteiger partial charge in [0.25, 0.3) is 11.8 Å². The molecule has 0 spiro atoms. The highest BCUT2D eigenvalue weighted by molar-refractivity contribution is 6.08. The minimum absolute atomic E-state index is 0.183. The third-order valence-corrected chi connectivity index (χ3v) is 3.95. The summed E-state index contributed by atoms with van der Waals surface area (Å²) in [6.07, 6.45) is 0. The van der Waals surface area contributed by atoms with Crippen LogP contribution >= 0.6 is 0 Å².